The van der Waals surface area contributed by atoms with E-state index in [0.717, 1.165) is 0 Å². The summed E-state index contributed by atoms with van der Waals surface area (Å²) in [5, 5.41) is 22.0. The van der Waals surface area contributed by atoms with Gasteiger partial charge in [0.05, 0.1) is 0 Å². The van der Waals surface area contributed by atoms with Crippen LogP contribution >= 0.6 is 0 Å². The molecular weight excluding hydrogens is 492 g/mol. The average Bonchev–Trinajstić information content (AvgIpc) is 2.08. The summed E-state index contributed by atoms with van der Waals surface area (Å²) in [7, 11) is 0. The molecule has 0 aliphatic carbocycles. The molecular formula is C5H21Ca4O17+3. The van der Waals surface area contributed by atoms with E-state index in [1.807, 2.05) is 0 Å². The molecule has 0 amide bonds. The fourth-order valence-electron chi connectivity index (χ4n) is 0. The molecule has 0 aromatic rings. The molecule has 17 nitrogen and oxygen atoms in total. The van der Waals surface area contributed by atoms with Gasteiger partial charge in [-0.15, -0.1) is 0 Å². The summed E-state index contributed by atoms with van der Waals surface area (Å²) in [5.41, 5.74) is 0. The predicted octanol–water partition coefficient (Wildman–Crippen LogP) is -9.11. The first kappa shape index (κ1) is 163. The Kier molecular flexibility index (Phi) is 2170. The van der Waals surface area contributed by atoms with E-state index in [0.29, 0.717) is 12.9 Å². The predicted molar refractivity (Wildman–Crippen MR) is 84.1 cm³/mol. The van der Waals surface area contributed by atoms with Crippen LogP contribution in [0.3, 0.4) is 0 Å². The molecule has 0 aromatic carbocycles. The van der Waals surface area contributed by atoms with Crippen molar-refractivity contribution in [1.82, 2.24) is 0 Å². The standard InChI is InChI=1S/CH2O3.2CHO2.CO2.CH4.4Ca.8H2O/c2-1-4-3;3*2-1-3;;;;;;;;;;;;;/h1,3H;2*(H,2,3);;1H4;;;;;8*1H2/q;2*-1;;;4*+2;;;;;;;;/p-3. The van der Waals surface area contributed by atoms with Crippen LogP contribution in [0.1, 0.15) is 7.43 Å². The second-order valence-corrected chi connectivity index (χ2v) is 0.458. The molecule has 0 aliphatic rings. The second kappa shape index (κ2) is 345. The first-order valence-electron chi connectivity index (χ1n) is 1.90. The minimum absolute atomic E-state index is 0. The molecule has 26 heavy (non-hydrogen) atoms. The zero-order chi connectivity index (χ0) is 11.5. The second-order valence-electron chi connectivity index (χ2n) is 0.458. The molecule has 0 atom stereocenters. The van der Waals surface area contributed by atoms with Gasteiger partial charge in [0.25, 0.3) is 6.47 Å². The molecule has 0 saturated carbocycles. The monoisotopic (exact) mass is 513 g/mol. The maximum absolute atomic E-state index is 8.64. The fourth-order valence-corrected chi connectivity index (χ4v) is 0. The van der Waals surface area contributed by atoms with Crippen LogP contribution in [0.4, 0.5) is 0 Å². The molecule has 0 saturated heterocycles. The van der Waals surface area contributed by atoms with Gasteiger partial charge in [0.2, 0.25) is 0 Å². The fraction of sp³-hybridized carbons (Fsp3) is 0.200. The Hall–Kier alpha value is 2.47. The SMILES string of the molecule is C.O.O.O.O.O.O.O=C=O.O=CO[O-].O=[C-]O.O=[C-]O.[Ca+2].[Ca+2].[Ca+2].[Ca+2].[OH-].[OH-]. The Morgan fingerprint density at radius 3 is 0.808 bits per heavy atom. The van der Waals surface area contributed by atoms with Crippen LogP contribution in [0.2, 0.25) is 0 Å². The summed E-state index contributed by atoms with van der Waals surface area (Å²) in [6.07, 6.45) is 0.250. The van der Waals surface area contributed by atoms with E-state index in [4.69, 9.17) is 39.4 Å². The zero-order valence-corrected chi connectivity index (χ0v) is 21.4. The van der Waals surface area contributed by atoms with Gasteiger partial charge >= 0.3 is 157 Å². The van der Waals surface area contributed by atoms with E-state index < -0.39 is 0 Å². The quantitative estimate of drug-likeness (QED) is 0.109. The van der Waals surface area contributed by atoms with Crippen LogP contribution in [0.5, 0.6) is 0 Å². The van der Waals surface area contributed by atoms with Crippen LogP contribution in [-0.4, -0.2) is 231 Å². The zero-order valence-electron chi connectivity index (χ0n) is 12.6. The molecule has 21 heteroatoms. The van der Waals surface area contributed by atoms with Gasteiger partial charge in [-0.1, -0.05) is 20.4 Å². The third-order valence-corrected chi connectivity index (χ3v) is 0.0393. The van der Waals surface area contributed by atoms with Crippen molar-refractivity contribution in [3.05, 3.63) is 0 Å². The van der Waals surface area contributed by atoms with Crippen molar-refractivity contribution in [2.24, 2.45) is 0 Å². The minimum atomic E-state index is -0.181. The van der Waals surface area contributed by atoms with E-state index in [9.17, 15) is 0 Å². The molecule has 0 radical (unpaired) electrons. The first-order chi connectivity index (χ1) is 6.16. The Morgan fingerprint density at radius 1 is 0.769 bits per heavy atom. The molecule has 148 valence electrons. The molecule has 0 spiro atoms. The van der Waals surface area contributed by atoms with Crippen LogP contribution in [0, 0.1) is 0 Å². The smallest absolute Gasteiger partial charge is 0.870 e. The van der Waals surface area contributed by atoms with Crippen molar-refractivity contribution in [3.63, 3.8) is 0 Å². The topological polar surface area (TPSA) is 407 Å². The largest absolute Gasteiger partial charge is 2.00 e. The van der Waals surface area contributed by atoms with E-state index in [1.54, 1.807) is 0 Å². The third-order valence-electron chi connectivity index (χ3n) is 0.0393. The van der Waals surface area contributed by atoms with Gasteiger partial charge in [0.1, 0.15) is 0 Å². The Morgan fingerprint density at radius 2 is 0.808 bits per heavy atom. The molecule has 0 heterocycles. The average molecular weight is 514 g/mol. The number of carbonyl (C=O) groups is 1. The summed E-state index contributed by atoms with van der Waals surface area (Å²) in [4.78, 5) is 44.0. The molecule has 0 aromatic heterocycles. The maximum Gasteiger partial charge on any atom is 2.00 e. The number of hydrogen-bond acceptors (Lipinski definition) is 9. The van der Waals surface area contributed by atoms with E-state index >= 15 is 0 Å². The Bertz CT molecular complexity index is 139. The van der Waals surface area contributed by atoms with Gasteiger partial charge in [-0.2, -0.15) is 9.59 Å². The van der Waals surface area contributed by atoms with Gasteiger partial charge < -0.3 is 73.8 Å². The Balaban J connectivity index is -0.00000000238. The van der Waals surface area contributed by atoms with Crippen molar-refractivity contribution in [2.45, 2.75) is 7.43 Å². The first-order valence-corrected chi connectivity index (χ1v) is 1.90. The number of rotatable bonds is 1. The van der Waals surface area contributed by atoms with Crippen molar-refractivity contribution in [1.29, 1.82) is 0 Å². The van der Waals surface area contributed by atoms with Gasteiger partial charge in [-0.05, 0) is 0 Å². The molecule has 0 fully saturated rings. The van der Waals surface area contributed by atoms with E-state index in [2.05, 4.69) is 4.89 Å². The summed E-state index contributed by atoms with van der Waals surface area (Å²) < 4.78 is 0. The maximum atomic E-state index is 8.64. The normalized spacial score (nSPS) is 2.04. The number of carbonyl (C=O) groups excluding carboxylic acids is 3. The van der Waals surface area contributed by atoms with Gasteiger partial charge in [-0.3, -0.25) is 4.79 Å². The summed E-state index contributed by atoms with van der Waals surface area (Å²) >= 11 is 0. The molecule has 0 unspecified atom stereocenters. The van der Waals surface area contributed by atoms with E-state index in [-0.39, 0.29) is 215 Å². The molecule has 0 bridgehead atoms. The van der Waals surface area contributed by atoms with Gasteiger partial charge in [-0.25, -0.2) is 0 Å². The van der Waals surface area contributed by atoms with E-state index in [1.165, 1.54) is 0 Å². The van der Waals surface area contributed by atoms with Crippen molar-refractivity contribution in [2.75, 3.05) is 0 Å². The summed E-state index contributed by atoms with van der Waals surface area (Å²) in [5.74, 6) is 0. The number of hydrogen-bond donors (Lipinski definition) is 2. The molecule has 16 N–H and O–H groups in total. The van der Waals surface area contributed by atoms with Crippen LogP contribution in [-0.2, 0) is 28.9 Å². The summed E-state index contributed by atoms with van der Waals surface area (Å²) in [6.45, 7) is 0.819. The van der Waals surface area contributed by atoms with Gasteiger partial charge in [0.15, 0.2) is 0 Å². The Labute approximate surface area is 267 Å². The van der Waals surface area contributed by atoms with Crippen LogP contribution in [0.15, 0.2) is 0 Å². The van der Waals surface area contributed by atoms with Crippen molar-refractivity contribution in [3.8, 4) is 0 Å². The third kappa shape index (κ3) is 1430. The minimum Gasteiger partial charge on any atom is -0.870 e. The van der Waals surface area contributed by atoms with Crippen LogP contribution < -0.4 is 5.26 Å². The van der Waals surface area contributed by atoms with Crippen molar-refractivity contribution >= 4 is 177 Å². The summed E-state index contributed by atoms with van der Waals surface area (Å²) in [6, 6.07) is 0. The molecule has 0 aliphatic heterocycles. The number of aliphatic hydroxyl groups excluding tert-OH is 2. The van der Waals surface area contributed by atoms with Crippen LogP contribution in [0.25, 0.3) is 0 Å². The molecule has 0 rings (SSSR count). The van der Waals surface area contributed by atoms with Crippen molar-refractivity contribution < 1.29 is 88.1 Å². The van der Waals surface area contributed by atoms with Gasteiger partial charge in [0, 0.05) is 0 Å².